The number of carbonyl (C=O) groups excluding carboxylic acids is 1. The highest BCUT2D eigenvalue weighted by Crippen LogP contribution is 2.63. The summed E-state index contributed by atoms with van der Waals surface area (Å²) in [5, 5.41) is 21.6. The molecule has 3 heteroatoms. The van der Waals surface area contributed by atoms with E-state index in [2.05, 4.69) is 26.0 Å². The quantitative estimate of drug-likeness (QED) is 0.675. The van der Waals surface area contributed by atoms with Crippen LogP contribution in [0.3, 0.4) is 0 Å². The van der Waals surface area contributed by atoms with Gasteiger partial charge >= 0.3 is 0 Å². The molecule has 0 unspecified atom stereocenters. The van der Waals surface area contributed by atoms with Crippen LogP contribution in [0.25, 0.3) is 0 Å². The van der Waals surface area contributed by atoms with E-state index in [1.165, 1.54) is 5.57 Å². The summed E-state index contributed by atoms with van der Waals surface area (Å²) in [4.78, 5) is 11.8. The highest BCUT2D eigenvalue weighted by atomic mass is 16.3. The van der Waals surface area contributed by atoms with E-state index in [9.17, 15) is 15.0 Å². The van der Waals surface area contributed by atoms with Crippen LogP contribution in [0.1, 0.15) is 52.4 Å². The molecule has 3 nitrogen and oxygen atoms in total. The molecule has 0 amide bonds. The molecule has 2 N–H and O–H groups in total. The molecule has 7 atom stereocenters. The maximum atomic E-state index is 11.8. The molecule has 23 heavy (non-hydrogen) atoms. The van der Waals surface area contributed by atoms with Crippen LogP contribution in [-0.2, 0) is 4.79 Å². The van der Waals surface area contributed by atoms with E-state index >= 15 is 0 Å². The Bertz CT molecular complexity index is 592. The van der Waals surface area contributed by atoms with Crippen molar-refractivity contribution in [3.05, 3.63) is 23.8 Å². The molecule has 4 aliphatic rings. The first-order chi connectivity index (χ1) is 10.9. The van der Waals surface area contributed by atoms with Gasteiger partial charge in [-0.25, -0.2) is 0 Å². The summed E-state index contributed by atoms with van der Waals surface area (Å²) in [6.07, 6.45) is 10.4. The maximum absolute atomic E-state index is 11.8. The van der Waals surface area contributed by atoms with Gasteiger partial charge in [0.15, 0.2) is 5.78 Å². The van der Waals surface area contributed by atoms with Crippen molar-refractivity contribution in [2.24, 2.45) is 28.6 Å². The molecule has 0 aliphatic heterocycles. The normalized spacial score (nSPS) is 52.3. The van der Waals surface area contributed by atoms with Gasteiger partial charge in [-0.1, -0.05) is 31.6 Å². The molecule has 2 fully saturated rings. The molecule has 0 spiro atoms. The lowest BCUT2D eigenvalue weighted by Crippen LogP contribution is -2.59. The van der Waals surface area contributed by atoms with Crippen molar-refractivity contribution in [2.75, 3.05) is 0 Å². The van der Waals surface area contributed by atoms with Crippen molar-refractivity contribution < 1.29 is 15.0 Å². The Morgan fingerprint density at radius 1 is 1.22 bits per heavy atom. The lowest BCUT2D eigenvalue weighted by molar-refractivity contribution is -0.153. The third-order valence-corrected chi connectivity index (χ3v) is 7.65. The number of allylic oxidation sites excluding steroid dienone is 3. The summed E-state index contributed by atoms with van der Waals surface area (Å²) in [6, 6.07) is 0. The van der Waals surface area contributed by atoms with Gasteiger partial charge in [-0.15, -0.1) is 0 Å². The van der Waals surface area contributed by atoms with Gasteiger partial charge in [-0.3, -0.25) is 4.79 Å². The van der Waals surface area contributed by atoms with Crippen LogP contribution >= 0.6 is 0 Å². The van der Waals surface area contributed by atoms with Crippen LogP contribution in [0, 0.1) is 28.6 Å². The van der Waals surface area contributed by atoms with E-state index in [-0.39, 0.29) is 34.7 Å². The van der Waals surface area contributed by atoms with E-state index in [1.54, 1.807) is 0 Å². The maximum Gasteiger partial charge on any atom is 0.155 e. The summed E-state index contributed by atoms with van der Waals surface area (Å²) in [6.45, 7) is 4.42. The number of aliphatic hydroxyl groups excluding tert-OH is 2. The average Bonchev–Trinajstić information content (AvgIpc) is 2.49. The first-order valence-corrected chi connectivity index (χ1v) is 9.13. The third-order valence-electron chi connectivity index (χ3n) is 7.65. The Balaban J connectivity index is 1.76. The monoisotopic (exact) mass is 316 g/mol. The molecule has 0 aromatic heterocycles. The standard InChI is InChI=1S/C20H28O3/c1-19-9-8-13(21)10-12(19)6-7-14-15-4-3-5-17(23)20(15,2)11-16(22)18(14)19/h3-4,10,14-18,22-23H,5-9,11H2,1-2H3/t14-,15-,16-,17-,18+,19-,20-/m0/s1. The molecule has 0 aromatic rings. The van der Waals surface area contributed by atoms with E-state index in [1.807, 2.05) is 6.08 Å². The van der Waals surface area contributed by atoms with Crippen molar-refractivity contribution in [3.63, 3.8) is 0 Å². The van der Waals surface area contributed by atoms with E-state index in [4.69, 9.17) is 0 Å². The molecule has 4 aliphatic carbocycles. The zero-order valence-electron chi connectivity index (χ0n) is 14.2. The van der Waals surface area contributed by atoms with Crippen LogP contribution in [0.4, 0.5) is 0 Å². The summed E-state index contributed by atoms with van der Waals surface area (Å²) in [5.41, 5.74) is 1.00. The van der Waals surface area contributed by atoms with Crippen molar-refractivity contribution >= 4 is 5.78 Å². The Hall–Kier alpha value is -0.930. The fraction of sp³-hybridized carbons (Fsp3) is 0.750. The molecular formula is C20H28O3. The summed E-state index contributed by atoms with van der Waals surface area (Å²) < 4.78 is 0. The predicted octanol–water partition coefficient (Wildman–Crippen LogP) is 3.02. The Labute approximate surface area is 138 Å². The van der Waals surface area contributed by atoms with Crippen molar-refractivity contribution in [1.29, 1.82) is 0 Å². The molecule has 0 radical (unpaired) electrons. The van der Waals surface area contributed by atoms with E-state index in [0.29, 0.717) is 31.1 Å². The lowest BCUT2D eigenvalue weighted by Gasteiger charge is -2.61. The lowest BCUT2D eigenvalue weighted by atomic mass is 9.44. The molecule has 0 heterocycles. The number of carbonyl (C=O) groups is 1. The Kier molecular flexibility index (Phi) is 3.41. The fourth-order valence-corrected chi connectivity index (χ4v) is 6.35. The summed E-state index contributed by atoms with van der Waals surface area (Å²) >= 11 is 0. The van der Waals surface area contributed by atoms with Crippen LogP contribution in [0.15, 0.2) is 23.8 Å². The molecule has 0 saturated heterocycles. The molecule has 2 saturated carbocycles. The first-order valence-electron chi connectivity index (χ1n) is 9.13. The summed E-state index contributed by atoms with van der Waals surface area (Å²) in [5.74, 6) is 1.21. The number of fused-ring (bicyclic) bond motifs is 5. The second-order valence-corrected chi connectivity index (χ2v) is 8.76. The SMILES string of the molecule is C[C@]12C[C@H](O)[C@H]3[C@@H](CCC4=CC(=O)CC[C@@]43C)[C@@H]1C=CC[C@@H]2O. The first kappa shape index (κ1) is 15.6. The zero-order valence-corrected chi connectivity index (χ0v) is 14.2. The second kappa shape index (κ2) is 5.03. The Morgan fingerprint density at radius 3 is 2.78 bits per heavy atom. The van der Waals surface area contributed by atoms with Crippen LogP contribution < -0.4 is 0 Å². The molecular weight excluding hydrogens is 288 g/mol. The number of aliphatic hydroxyl groups is 2. The minimum Gasteiger partial charge on any atom is -0.393 e. The topological polar surface area (TPSA) is 57.5 Å². The van der Waals surface area contributed by atoms with E-state index in [0.717, 1.165) is 19.3 Å². The van der Waals surface area contributed by atoms with Crippen LogP contribution in [0.5, 0.6) is 0 Å². The van der Waals surface area contributed by atoms with Gasteiger partial charge in [-0.05, 0) is 61.3 Å². The predicted molar refractivity (Wildman–Crippen MR) is 88.6 cm³/mol. The minimum atomic E-state index is -0.385. The molecule has 4 rings (SSSR count). The van der Waals surface area contributed by atoms with Crippen molar-refractivity contribution in [1.82, 2.24) is 0 Å². The molecule has 126 valence electrons. The summed E-state index contributed by atoms with van der Waals surface area (Å²) in [7, 11) is 0. The number of hydrogen-bond acceptors (Lipinski definition) is 3. The highest BCUT2D eigenvalue weighted by Gasteiger charge is 2.59. The van der Waals surface area contributed by atoms with Gasteiger partial charge in [0.05, 0.1) is 12.2 Å². The smallest absolute Gasteiger partial charge is 0.155 e. The average molecular weight is 316 g/mol. The van der Waals surface area contributed by atoms with Crippen LogP contribution in [0.2, 0.25) is 0 Å². The third kappa shape index (κ3) is 2.05. The van der Waals surface area contributed by atoms with Gasteiger partial charge in [0, 0.05) is 11.8 Å². The van der Waals surface area contributed by atoms with Crippen LogP contribution in [-0.4, -0.2) is 28.2 Å². The van der Waals surface area contributed by atoms with Crippen molar-refractivity contribution in [2.45, 2.75) is 64.6 Å². The molecule has 0 bridgehead atoms. The van der Waals surface area contributed by atoms with E-state index < -0.39 is 0 Å². The Morgan fingerprint density at radius 2 is 2.00 bits per heavy atom. The van der Waals surface area contributed by atoms with Gasteiger partial charge in [0.1, 0.15) is 0 Å². The molecule has 0 aromatic carbocycles. The number of ketones is 1. The van der Waals surface area contributed by atoms with Gasteiger partial charge in [0.25, 0.3) is 0 Å². The largest absolute Gasteiger partial charge is 0.393 e. The van der Waals surface area contributed by atoms with Gasteiger partial charge in [0.2, 0.25) is 0 Å². The number of hydrogen-bond donors (Lipinski definition) is 2. The zero-order chi connectivity index (χ0) is 16.4. The highest BCUT2D eigenvalue weighted by molar-refractivity contribution is 5.91. The van der Waals surface area contributed by atoms with Gasteiger partial charge in [-0.2, -0.15) is 0 Å². The minimum absolute atomic E-state index is 0.0478. The van der Waals surface area contributed by atoms with Gasteiger partial charge < -0.3 is 10.2 Å². The van der Waals surface area contributed by atoms with Crippen molar-refractivity contribution in [3.8, 4) is 0 Å². The second-order valence-electron chi connectivity index (χ2n) is 8.76. The fourth-order valence-electron chi connectivity index (χ4n) is 6.35. The number of rotatable bonds is 0.